The largest absolute Gasteiger partial charge is 0.478 e. The van der Waals surface area contributed by atoms with Crippen molar-refractivity contribution in [3.05, 3.63) is 16.7 Å². The number of ether oxygens (including phenoxy) is 4. The van der Waals surface area contributed by atoms with Crippen LogP contribution in [0, 0.1) is 20.8 Å². The predicted octanol–water partition coefficient (Wildman–Crippen LogP) is 4.01. The van der Waals surface area contributed by atoms with Crippen LogP contribution in [0.2, 0.25) is 0 Å². The first-order valence-corrected chi connectivity index (χ1v) is 10.6. The zero-order valence-electron chi connectivity index (χ0n) is 17.6. The summed E-state index contributed by atoms with van der Waals surface area (Å²) in [4.78, 5) is 36.2. The minimum atomic E-state index is -0.480. The second-order valence-electron chi connectivity index (χ2n) is 6.65. The summed E-state index contributed by atoms with van der Waals surface area (Å²) in [6.45, 7) is 9.80. The Morgan fingerprint density at radius 1 is 0.862 bits per heavy atom. The van der Waals surface area contributed by atoms with Crippen LogP contribution in [-0.4, -0.2) is 36.6 Å². The van der Waals surface area contributed by atoms with Crippen LogP contribution in [0.25, 0.3) is 0 Å². The van der Waals surface area contributed by atoms with Gasteiger partial charge >= 0.3 is 17.9 Å². The van der Waals surface area contributed by atoms with E-state index in [0.717, 1.165) is 27.3 Å². The molecule has 0 N–H and O–H groups in total. The maximum atomic E-state index is 12.2. The fourth-order valence-corrected chi connectivity index (χ4v) is 4.20. The van der Waals surface area contributed by atoms with E-state index in [1.165, 1.54) is 11.8 Å². The Labute approximate surface area is 175 Å². The van der Waals surface area contributed by atoms with Crippen molar-refractivity contribution in [3.63, 3.8) is 0 Å². The average molecular weight is 425 g/mol. The lowest BCUT2D eigenvalue weighted by atomic mass is 10.0. The quantitative estimate of drug-likeness (QED) is 0.434. The third-order valence-corrected chi connectivity index (χ3v) is 5.90. The molecule has 0 spiro atoms. The highest BCUT2D eigenvalue weighted by Crippen LogP contribution is 2.50. The molecule has 160 valence electrons. The molecule has 1 heterocycles. The van der Waals surface area contributed by atoms with Crippen LogP contribution in [0.5, 0.6) is 11.5 Å². The van der Waals surface area contributed by atoms with E-state index in [1.807, 2.05) is 20.8 Å². The Bertz CT molecular complexity index is 788. The van der Waals surface area contributed by atoms with Crippen molar-refractivity contribution in [2.45, 2.75) is 70.6 Å². The fourth-order valence-electron chi connectivity index (χ4n) is 2.98. The van der Waals surface area contributed by atoms with E-state index >= 15 is 0 Å². The highest BCUT2D eigenvalue weighted by molar-refractivity contribution is 8.00. The number of carbonyl (C=O) groups is 3. The van der Waals surface area contributed by atoms with Crippen LogP contribution in [0.15, 0.2) is 4.90 Å². The van der Waals surface area contributed by atoms with Gasteiger partial charge in [-0.2, -0.15) is 0 Å². The van der Waals surface area contributed by atoms with Gasteiger partial charge in [0.05, 0.1) is 31.0 Å². The van der Waals surface area contributed by atoms with Crippen molar-refractivity contribution in [2.75, 3.05) is 13.2 Å². The maximum Gasteiger partial charge on any atom is 0.311 e. The molecule has 0 saturated heterocycles. The van der Waals surface area contributed by atoms with Crippen molar-refractivity contribution in [2.24, 2.45) is 0 Å². The van der Waals surface area contributed by atoms with Gasteiger partial charge in [-0.25, -0.2) is 0 Å². The van der Waals surface area contributed by atoms with E-state index in [-0.39, 0.29) is 37.3 Å². The standard InChI is InChI=1S/C21H28O7S/c1-6-25-15(22)8-9-17(24)27-19-12(3)13(4)20-21(14(19)5)29-18(28-20)11-10-16(23)26-7-2/h18H,6-11H2,1-5H3. The smallest absolute Gasteiger partial charge is 0.311 e. The van der Waals surface area contributed by atoms with Gasteiger partial charge in [-0.1, -0.05) is 11.8 Å². The number of esters is 3. The van der Waals surface area contributed by atoms with Gasteiger partial charge in [-0.05, 0) is 45.7 Å². The second kappa shape index (κ2) is 10.5. The molecule has 29 heavy (non-hydrogen) atoms. The predicted molar refractivity (Wildman–Crippen MR) is 108 cm³/mol. The molecule has 1 aromatic rings. The topological polar surface area (TPSA) is 88.1 Å². The van der Waals surface area contributed by atoms with Gasteiger partial charge in [0.15, 0.2) is 0 Å². The molecule has 0 fully saturated rings. The third-order valence-electron chi connectivity index (χ3n) is 4.57. The Kier molecular flexibility index (Phi) is 8.37. The third kappa shape index (κ3) is 5.88. The lowest BCUT2D eigenvalue weighted by Crippen LogP contribution is -2.14. The van der Waals surface area contributed by atoms with E-state index in [0.29, 0.717) is 18.8 Å². The van der Waals surface area contributed by atoms with Crippen LogP contribution in [0.3, 0.4) is 0 Å². The highest BCUT2D eigenvalue weighted by atomic mass is 32.2. The summed E-state index contributed by atoms with van der Waals surface area (Å²) in [7, 11) is 0. The molecule has 1 aliphatic rings. The summed E-state index contributed by atoms with van der Waals surface area (Å²) in [5, 5.41) is 0. The Morgan fingerprint density at radius 2 is 1.45 bits per heavy atom. The molecular weight excluding hydrogens is 396 g/mol. The number of fused-ring (bicyclic) bond motifs is 1. The second-order valence-corrected chi connectivity index (χ2v) is 7.82. The molecule has 0 amide bonds. The first-order chi connectivity index (χ1) is 13.8. The monoisotopic (exact) mass is 424 g/mol. The minimum Gasteiger partial charge on any atom is -0.478 e. The summed E-state index contributed by atoms with van der Waals surface area (Å²) in [6, 6.07) is 0. The van der Waals surface area contributed by atoms with Crippen molar-refractivity contribution in [1.29, 1.82) is 0 Å². The van der Waals surface area contributed by atoms with E-state index < -0.39 is 11.9 Å². The lowest BCUT2D eigenvalue weighted by Gasteiger charge is -2.16. The molecule has 8 heteroatoms. The molecule has 2 rings (SSSR count). The molecule has 0 aromatic heterocycles. The summed E-state index contributed by atoms with van der Waals surface area (Å²) < 4.78 is 21.4. The lowest BCUT2D eigenvalue weighted by molar-refractivity contribution is -0.146. The highest BCUT2D eigenvalue weighted by Gasteiger charge is 2.31. The fraction of sp³-hybridized carbons (Fsp3) is 0.571. The molecule has 0 bridgehead atoms. The molecule has 1 unspecified atom stereocenters. The van der Waals surface area contributed by atoms with Crippen LogP contribution in [0.4, 0.5) is 0 Å². The van der Waals surface area contributed by atoms with Gasteiger partial charge in [-0.3, -0.25) is 14.4 Å². The van der Waals surface area contributed by atoms with Crippen molar-refractivity contribution < 1.29 is 33.3 Å². The zero-order chi connectivity index (χ0) is 21.6. The average Bonchev–Trinajstić information content (AvgIpc) is 3.11. The van der Waals surface area contributed by atoms with Gasteiger partial charge < -0.3 is 18.9 Å². The van der Waals surface area contributed by atoms with Crippen molar-refractivity contribution in [3.8, 4) is 11.5 Å². The van der Waals surface area contributed by atoms with Crippen molar-refractivity contribution in [1.82, 2.24) is 0 Å². The normalized spacial score (nSPS) is 14.7. The van der Waals surface area contributed by atoms with Gasteiger partial charge in [0.25, 0.3) is 0 Å². The number of benzene rings is 1. The van der Waals surface area contributed by atoms with E-state index in [2.05, 4.69) is 0 Å². The summed E-state index contributed by atoms with van der Waals surface area (Å²) in [6.07, 6.45) is 0.763. The van der Waals surface area contributed by atoms with Crippen LogP contribution in [-0.2, 0) is 23.9 Å². The molecule has 1 aromatic carbocycles. The van der Waals surface area contributed by atoms with Crippen LogP contribution < -0.4 is 9.47 Å². The Morgan fingerprint density at radius 3 is 2.07 bits per heavy atom. The maximum absolute atomic E-state index is 12.2. The Balaban J connectivity index is 2.08. The first-order valence-electron chi connectivity index (χ1n) is 9.77. The van der Waals surface area contributed by atoms with Gasteiger partial charge in [0.1, 0.15) is 16.9 Å². The van der Waals surface area contributed by atoms with Gasteiger partial charge in [0.2, 0.25) is 0 Å². The zero-order valence-corrected chi connectivity index (χ0v) is 18.4. The molecule has 1 atom stereocenters. The number of thioether (sulfide) groups is 1. The van der Waals surface area contributed by atoms with Crippen molar-refractivity contribution >= 4 is 29.7 Å². The molecule has 0 aliphatic carbocycles. The van der Waals surface area contributed by atoms with E-state index in [9.17, 15) is 14.4 Å². The summed E-state index contributed by atoms with van der Waals surface area (Å²) >= 11 is 1.52. The number of carbonyl (C=O) groups excluding carboxylic acids is 3. The molecular formula is C21H28O7S. The summed E-state index contributed by atoms with van der Waals surface area (Å²) in [5.41, 5.74) is 2.33. The number of hydrogen-bond donors (Lipinski definition) is 0. The van der Waals surface area contributed by atoms with E-state index in [1.54, 1.807) is 13.8 Å². The molecule has 1 aliphatic heterocycles. The van der Waals surface area contributed by atoms with Gasteiger partial charge in [-0.15, -0.1) is 0 Å². The minimum absolute atomic E-state index is 0.0114. The van der Waals surface area contributed by atoms with E-state index in [4.69, 9.17) is 18.9 Å². The van der Waals surface area contributed by atoms with Crippen LogP contribution in [0.1, 0.15) is 56.2 Å². The summed E-state index contributed by atoms with van der Waals surface area (Å²) in [5.74, 6) is 0.124. The molecule has 7 nitrogen and oxygen atoms in total. The molecule has 0 saturated carbocycles. The van der Waals surface area contributed by atoms with Crippen LogP contribution >= 0.6 is 11.8 Å². The first kappa shape index (κ1) is 23.1. The number of hydrogen-bond acceptors (Lipinski definition) is 8. The van der Waals surface area contributed by atoms with Gasteiger partial charge in [0, 0.05) is 18.4 Å². The SMILES string of the molecule is CCOC(=O)CCC(=O)Oc1c(C)c(C)c2c(c1C)SC(CCC(=O)OCC)O2. The number of rotatable bonds is 9. The molecule has 0 radical (unpaired) electrons. The Hall–Kier alpha value is -2.22.